The maximum atomic E-state index is 11.1. The molecule has 0 rings (SSSR count). The Labute approximate surface area is 182 Å². The number of rotatable bonds is 18. The van der Waals surface area contributed by atoms with Crippen molar-refractivity contribution in [2.45, 2.75) is 118 Å². The fraction of sp³-hybridized carbons (Fsp3) is 0.958. The fourth-order valence-electron chi connectivity index (χ4n) is 3.62. The van der Waals surface area contributed by atoms with Crippen LogP contribution in [0.3, 0.4) is 0 Å². The first kappa shape index (κ1) is 31.0. The van der Waals surface area contributed by atoms with Crippen LogP contribution in [0.2, 0.25) is 0 Å². The number of halogens is 1. The molecule has 1 atom stereocenters. The van der Waals surface area contributed by atoms with Gasteiger partial charge < -0.3 is 4.74 Å². The maximum absolute atomic E-state index is 11.1. The van der Waals surface area contributed by atoms with E-state index >= 15 is 0 Å². The van der Waals surface area contributed by atoms with Crippen molar-refractivity contribution >= 4 is 13.2 Å². The quantitative estimate of drug-likeness (QED) is 0.160. The topological polar surface area (TPSA) is 35.5 Å². The molecular formula is C24H51FO3P+. The normalized spacial score (nSPS) is 12.2. The van der Waals surface area contributed by atoms with Crippen molar-refractivity contribution in [3.05, 3.63) is 0 Å². The number of unbranched alkanes of at least 4 members (excludes halogenated alkanes) is 7. The zero-order valence-electron chi connectivity index (χ0n) is 20.4. The van der Waals surface area contributed by atoms with E-state index in [9.17, 15) is 9.32 Å². The minimum Gasteiger partial charge on any atom is -0.378 e. The third-order valence-electron chi connectivity index (χ3n) is 5.58. The van der Waals surface area contributed by atoms with E-state index in [1.54, 1.807) is 0 Å². The van der Waals surface area contributed by atoms with Crippen molar-refractivity contribution in [2.75, 3.05) is 31.8 Å². The SMILES string of the molecule is CCCCCCCC(=O)OF.CCCC[P+](CCCC)(CCCC)CC(C)OC. The van der Waals surface area contributed by atoms with Crippen LogP contribution in [0.25, 0.3) is 0 Å². The summed E-state index contributed by atoms with van der Waals surface area (Å²) in [6.07, 6.45) is 20.1. The zero-order valence-corrected chi connectivity index (χ0v) is 21.3. The Hall–Kier alpha value is -0.210. The van der Waals surface area contributed by atoms with Crippen LogP contribution in [-0.4, -0.2) is 43.8 Å². The summed E-state index contributed by atoms with van der Waals surface area (Å²) in [5.74, 6) is -0.749. The predicted molar refractivity (Wildman–Crippen MR) is 128 cm³/mol. The molecule has 1 unspecified atom stereocenters. The lowest BCUT2D eigenvalue weighted by Crippen LogP contribution is -2.21. The Morgan fingerprint density at radius 2 is 1.24 bits per heavy atom. The molecule has 0 heterocycles. The van der Waals surface area contributed by atoms with E-state index in [4.69, 9.17) is 4.74 Å². The van der Waals surface area contributed by atoms with E-state index in [1.807, 2.05) is 7.11 Å². The first-order valence-corrected chi connectivity index (χ1v) is 14.7. The van der Waals surface area contributed by atoms with Gasteiger partial charge in [-0.2, -0.15) is 0 Å². The summed E-state index contributed by atoms with van der Waals surface area (Å²) in [6, 6.07) is 0. The molecule has 3 nitrogen and oxygen atoms in total. The molecule has 0 aliphatic carbocycles. The highest BCUT2D eigenvalue weighted by atomic mass is 31.2. The smallest absolute Gasteiger partial charge is 0.348 e. The lowest BCUT2D eigenvalue weighted by Gasteiger charge is -2.30. The zero-order chi connectivity index (χ0) is 22.4. The number of methoxy groups -OCH3 is 1. The molecule has 0 aromatic heterocycles. The van der Waals surface area contributed by atoms with Crippen LogP contribution in [0.5, 0.6) is 0 Å². The molecular weight excluding hydrogens is 386 g/mol. The monoisotopic (exact) mass is 437 g/mol. The summed E-state index contributed by atoms with van der Waals surface area (Å²) >= 11 is 0. The van der Waals surface area contributed by atoms with Gasteiger partial charge >= 0.3 is 5.97 Å². The molecule has 0 aromatic carbocycles. The van der Waals surface area contributed by atoms with Gasteiger partial charge in [0.05, 0.1) is 30.8 Å². The van der Waals surface area contributed by atoms with E-state index in [-0.39, 0.29) is 6.42 Å². The lowest BCUT2D eigenvalue weighted by atomic mass is 10.1. The minimum atomic E-state index is -0.749. The summed E-state index contributed by atoms with van der Waals surface area (Å²) in [6.45, 7) is 11.4. The van der Waals surface area contributed by atoms with Crippen LogP contribution < -0.4 is 0 Å². The molecule has 0 aromatic rings. The van der Waals surface area contributed by atoms with Gasteiger partial charge in [-0.05, 0) is 32.6 Å². The van der Waals surface area contributed by atoms with Crippen LogP contribution in [0.15, 0.2) is 0 Å². The molecule has 0 aliphatic rings. The number of carbonyl (C=O) groups is 1. The molecule has 5 heteroatoms. The fourth-order valence-corrected chi connectivity index (χ4v) is 9.04. The molecule has 0 fully saturated rings. The van der Waals surface area contributed by atoms with Gasteiger partial charge in [0.2, 0.25) is 0 Å². The second kappa shape index (κ2) is 22.5. The summed E-state index contributed by atoms with van der Waals surface area (Å²) < 4.78 is 16.7. The molecule has 0 amide bonds. The summed E-state index contributed by atoms with van der Waals surface area (Å²) in [7, 11) is 1.13. The van der Waals surface area contributed by atoms with Gasteiger partial charge in [-0.3, -0.25) is 4.94 Å². The third-order valence-corrected chi connectivity index (χ3v) is 10.7. The van der Waals surface area contributed by atoms with Gasteiger partial charge in [0.15, 0.2) is 0 Å². The van der Waals surface area contributed by atoms with Crippen molar-refractivity contribution in [2.24, 2.45) is 0 Å². The number of carbonyl (C=O) groups excluding carboxylic acids is 1. The standard InChI is InChI=1S/C16H36OP.C8H15FO2/c1-6-9-12-18(13-10-7-2,14-11-8-3)15-16(4)17-5;1-2-3-4-5-6-7-8(10)11-9/h16H,6-15H2,1-5H3;2-7H2,1H3/q+1;. The van der Waals surface area contributed by atoms with E-state index in [0.29, 0.717) is 6.10 Å². The minimum absolute atomic E-state index is 0.209. The number of ether oxygens (including phenoxy) is 1. The second-order valence-corrected chi connectivity index (χ2v) is 12.8. The van der Waals surface area contributed by atoms with Gasteiger partial charge in [-0.25, -0.2) is 4.79 Å². The first-order valence-electron chi connectivity index (χ1n) is 12.1. The Kier molecular flexibility index (Phi) is 24.0. The molecule has 0 spiro atoms. The Morgan fingerprint density at radius 3 is 1.62 bits per heavy atom. The van der Waals surface area contributed by atoms with E-state index < -0.39 is 13.2 Å². The average Bonchev–Trinajstić information content (AvgIpc) is 2.74. The summed E-state index contributed by atoms with van der Waals surface area (Å²) in [5.41, 5.74) is 0. The van der Waals surface area contributed by atoms with Crippen molar-refractivity contribution in [1.82, 2.24) is 0 Å². The van der Waals surface area contributed by atoms with Crippen LogP contribution >= 0.6 is 7.26 Å². The molecule has 0 radical (unpaired) electrons. The van der Waals surface area contributed by atoms with Gasteiger partial charge in [-0.15, -0.1) is 0 Å². The highest BCUT2D eigenvalue weighted by Gasteiger charge is 2.36. The van der Waals surface area contributed by atoms with Crippen molar-refractivity contribution in [1.29, 1.82) is 0 Å². The van der Waals surface area contributed by atoms with Gasteiger partial charge in [-0.1, -0.05) is 72.6 Å². The maximum Gasteiger partial charge on any atom is 0.348 e. The lowest BCUT2D eigenvalue weighted by molar-refractivity contribution is -0.183. The van der Waals surface area contributed by atoms with Crippen LogP contribution in [0.1, 0.15) is 112 Å². The van der Waals surface area contributed by atoms with Gasteiger partial charge in [0, 0.05) is 25.3 Å². The summed E-state index contributed by atoms with van der Waals surface area (Å²) in [4.78, 5) is 13.3. The molecule has 0 saturated carbocycles. The molecule has 29 heavy (non-hydrogen) atoms. The molecule has 0 bridgehead atoms. The van der Waals surface area contributed by atoms with E-state index in [2.05, 4.69) is 39.6 Å². The average molecular weight is 438 g/mol. The molecule has 0 aliphatic heterocycles. The highest BCUT2D eigenvalue weighted by molar-refractivity contribution is 7.75. The molecule has 176 valence electrons. The van der Waals surface area contributed by atoms with Crippen LogP contribution in [0.4, 0.5) is 4.53 Å². The largest absolute Gasteiger partial charge is 0.378 e. The van der Waals surface area contributed by atoms with Crippen molar-refractivity contribution in [3.63, 3.8) is 0 Å². The van der Waals surface area contributed by atoms with Crippen LogP contribution in [0, 0.1) is 0 Å². The molecule has 0 N–H and O–H groups in total. The highest BCUT2D eigenvalue weighted by Crippen LogP contribution is 2.61. The Bertz CT molecular complexity index is 331. The van der Waals surface area contributed by atoms with Gasteiger partial charge in [0.1, 0.15) is 0 Å². The second-order valence-electron chi connectivity index (χ2n) is 8.42. The predicted octanol–water partition coefficient (Wildman–Crippen LogP) is 8.21. The van der Waals surface area contributed by atoms with E-state index in [1.165, 1.54) is 76.0 Å². The summed E-state index contributed by atoms with van der Waals surface area (Å²) in [5, 5.41) is 0. The third kappa shape index (κ3) is 19.5. The Morgan fingerprint density at radius 1 is 0.793 bits per heavy atom. The van der Waals surface area contributed by atoms with Crippen molar-refractivity contribution < 1.29 is 19.0 Å². The number of hydrogen-bond donors (Lipinski definition) is 0. The first-order chi connectivity index (χ1) is 13.9. The van der Waals surface area contributed by atoms with E-state index in [0.717, 1.165) is 19.3 Å². The molecule has 0 saturated heterocycles. The Balaban J connectivity index is 0. The van der Waals surface area contributed by atoms with Crippen LogP contribution in [-0.2, 0) is 14.5 Å². The van der Waals surface area contributed by atoms with Gasteiger partial charge in [0.25, 0.3) is 0 Å². The number of hydrogen-bond acceptors (Lipinski definition) is 3. The van der Waals surface area contributed by atoms with Crippen molar-refractivity contribution in [3.8, 4) is 0 Å².